The largest absolute Gasteiger partial charge is 0.341 e. The van der Waals surface area contributed by atoms with Gasteiger partial charge in [0.2, 0.25) is 10.3 Å². The number of amides is 2. The number of urea groups is 1. The molecule has 1 saturated heterocycles. The number of carbonyl (C=O) groups excluding carboxylic acids is 1. The van der Waals surface area contributed by atoms with Gasteiger partial charge < -0.3 is 10.2 Å². The summed E-state index contributed by atoms with van der Waals surface area (Å²) in [5.41, 5.74) is 0.511. The van der Waals surface area contributed by atoms with Gasteiger partial charge in [0.15, 0.2) is 0 Å². The van der Waals surface area contributed by atoms with Crippen molar-refractivity contribution in [3.8, 4) is 0 Å². The maximum atomic E-state index is 12.9. The van der Waals surface area contributed by atoms with Gasteiger partial charge in [-0.2, -0.15) is 0 Å². The van der Waals surface area contributed by atoms with Gasteiger partial charge in [0, 0.05) is 17.8 Å². The molecule has 0 radical (unpaired) electrons. The molecule has 1 fully saturated rings. The lowest BCUT2D eigenvalue weighted by molar-refractivity contribution is 0.262. The van der Waals surface area contributed by atoms with Crippen molar-refractivity contribution in [1.82, 2.24) is 10.2 Å². The fraction of sp³-hybridized carbons (Fsp3) is 0.438. The third-order valence-corrected chi connectivity index (χ3v) is 5.00. The molecule has 0 spiro atoms. The molecule has 6 nitrogen and oxygen atoms in total. The Balaban J connectivity index is 1.63. The van der Waals surface area contributed by atoms with Gasteiger partial charge in [-0.15, -0.1) is 10.2 Å². The van der Waals surface area contributed by atoms with E-state index in [4.69, 9.17) is 0 Å². The van der Waals surface area contributed by atoms with Crippen LogP contribution in [-0.4, -0.2) is 28.3 Å². The number of nitrogens with one attached hydrogen (secondary N) is 2. The van der Waals surface area contributed by atoms with E-state index in [1.165, 1.54) is 42.0 Å². The lowest BCUT2D eigenvalue weighted by Crippen LogP contribution is -2.43. The Morgan fingerprint density at radius 1 is 1.17 bits per heavy atom. The van der Waals surface area contributed by atoms with Crippen molar-refractivity contribution in [2.45, 2.75) is 45.2 Å². The van der Waals surface area contributed by atoms with Crippen molar-refractivity contribution < 1.29 is 9.18 Å². The van der Waals surface area contributed by atoms with Crippen LogP contribution in [-0.2, 0) is 0 Å². The minimum Gasteiger partial charge on any atom is -0.341 e. The highest BCUT2D eigenvalue weighted by atomic mass is 32.1. The van der Waals surface area contributed by atoms with E-state index < -0.39 is 6.03 Å². The highest BCUT2D eigenvalue weighted by Crippen LogP contribution is 2.32. The predicted octanol–water partition coefficient (Wildman–Crippen LogP) is 4.09. The Morgan fingerprint density at radius 3 is 2.50 bits per heavy atom. The molecule has 2 amide bonds. The summed E-state index contributed by atoms with van der Waals surface area (Å²) in [6, 6.07) is 5.99. The zero-order valence-electron chi connectivity index (χ0n) is 13.6. The van der Waals surface area contributed by atoms with Crippen LogP contribution in [0.15, 0.2) is 24.3 Å². The number of aromatic nitrogens is 2. The van der Waals surface area contributed by atoms with Crippen LogP contribution in [0.1, 0.15) is 33.1 Å². The summed E-state index contributed by atoms with van der Waals surface area (Å²) >= 11 is 1.36. The average molecular weight is 349 g/mol. The molecule has 128 valence electrons. The average Bonchev–Trinajstić information content (AvgIpc) is 2.97. The van der Waals surface area contributed by atoms with E-state index in [2.05, 4.69) is 39.6 Å². The van der Waals surface area contributed by atoms with Crippen molar-refractivity contribution in [2.24, 2.45) is 0 Å². The monoisotopic (exact) mass is 349 g/mol. The molecule has 8 heteroatoms. The molecule has 3 rings (SSSR count). The molecule has 2 atom stereocenters. The first-order chi connectivity index (χ1) is 11.5. The zero-order valence-corrected chi connectivity index (χ0v) is 14.4. The summed E-state index contributed by atoms with van der Waals surface area (Å²) in [5, 5.41) is 14.8. The molecule has 2 aromatic rings. The number of halogens is 1. The molecule has 1 aliphatic rings. The van der Waals surface area contributed by atoms with Gasteiger partial charge in [-0.25, -0.2) is 9.18 Å². The van der Waals surface area contributed by atoms with Crippen molar-refractivity contribution in [3.63, 3.8) is 0 Å². The minimum atomic E-state index is -0.427. The molecule has 1 aromatic carbocycles. The third kappa shape index (κ3) is 3.81. The highest BCUT2D eigenvalue weighted by molar-refractivity contribution is 7.19. The van der Waals surface area contributed by atoms with Crippen LogP contribution >= 0.6 is 11.3 Å². The quantitative estimate of drug-likeness (QED) is 0.876. The summed E-state index contributed by atoms with van der Waals surface area (Å²) in [6.45, 7) is 4.37. The van der Waals surface area contributed by atoms with Crippen LogP contribution in [0.3, 0.4) is 0 Å². The van der Waals surface area contributed by atoms with Gasteiger partial charge in [0.1, 0.15) is 5.82 Å². The van der Waals surface area contributed by atoms with E-state index in [1.807, 2.05) is 0 Å². The normalized spacial score (nSPS) is 20.7. The Kier molecular flexibility index (Phi) is 4.94. The highest BCUT2D eigenvalue weighted by Gasteiger charge is 2.27. The molecular weight excluding hydrogens is 329 g/mol. The summed E-state index contributed by atoms with van der Waals surface area (Å²) in [6.07, 6.45) is 3.50. The summed E-state index contributed by atoms with van der Waals surface area (Å²) < 4.78 is 12.9. The number of hydrogen-bond donors (Lipinski definition) is 2. The number of carbonyl (C=O) groups is 1. The first kappa shape index (κ1) is 16.6. The second kappa shape index (κ2) is 7.12. The van der Waals surface area contributed by atoms with Crippen LogP contribution in [0.5, 0.6) is 0 Å². The predicted molar refractivity (Wildman–Crippen MR) is 94.2 cm³/mol. The number of rotatable bonds is 3. The van der Waals surface area contributed by atoms with Gasteiger partial charge in [-0.05, 0) is 57.4 Å². The Hall–Kier alpha value is -2.22. The molecule has 2 unspecified atom stereocenters. The van der Waals surface area contributed by atoms with Gasteiger partial charge in [-0.3, -0.25) is 5.32 Å². The standard InChI is InChI=1S/C16H20FN5OS/c1-10-4-3-5-11(2)22(10)16-21-20-15(24-16)19-14(23)18-13-8-6-12(17)7-9-13/h6-11H,3-5H2,1-2H3,(H2,18,19,20,23). The van der Waals surface area contributed by atoms with E-state index in [1.54, 1.807) is 0 Å². The van der Waals surface area contributed by atoms with Crippen LogP contribution in [0, 0.1) is 5.82 Å². The molecule has 0 aliphatic carbocycles. The van der Waals surface area contributed by atoms with Crippen LogP contribution < -0.4 is 15.5 Å². The zero-order chi connectivity index (χ0) is 17.1. The SMILES string of the molecule is CC1CCCC(C)N1c1nnc(NC(=O)Nc2ccc(F)cc2)s1. The minimum absolute atomic E-state index is 0.348. The fourth-order valence-electron chi connectivity index (χ4n) is 2.96. The number of anilines is 3. The number of piperidine rings is 1. The molecule has 0 bridgehead atoms. The Bertz CT molecular complexity index is 695. The first-order valence-corrected chi connectivity index (χ1v) is 8.80. The van der Waals surface area contributed by atoms with Crippen molar-refractivity contribution >= 4 is 33.3 Å². The number of nitrogens with zero attached hydrogens (tertiary/aromatic N) is 3. The second-order valence-electron chi connectivity index (χ2n) is 6.01. The third-order valence-electron chi connectivity index (χ3n) is 4.15. The van der Waals surface area contributed by atoms with Gasteiger partial charge >= 0.3 is 6.03 Å². The van der Waals surface area contributed by atoms with Gasteiger partial charge in [0.25, 0.3) is 0 Å². The summed E-state index contributed by atoms with van der Waals surface area (Å²) in [4.78, 5) is 14.3. The van der Waals surface area contributed by atoms with Crippen LogP contribution in [0.4, 0.5) is 25.1 Å². The number of benzene rings is 1. The van der Waals surface area contributed by atoms with E-state index in [9.17, 15) is 9.18 Å². The topological polar surface area (TPSA) is 70.2 Å². The van der Waals surface area contributed by atoms with Gasteiger partial charge in [-0.1, -0.05) is 11.3 Å². The van der Waals surface area contributed by atoms with Crippen molar-refractivity contribution in [2.75, 3.05) is 15.5 Å². The Morgan fingerprint density at radius 2 is 1.83 bits per heavy atom. The van der Waals surface area contributed by atoms with E-state index in [0.717, 1.165) is 18.0 Å². The lowest BCUT2D eigenvalue weighted by atomic mass is 9.98. The van der Waals surface area contributed by atoms with Crippen LogP contribution in [0.2, 0.25) is 0 Å². The number of hydrogen-bond acceptors (Lipinski definition) is 5. The summed E-state index contributed by atoms with van der Waals surface area (Å²) in [5.74, 6) is -0.348. The smallest absolute Gasteiger partial charge is 0.325 e. The maximum Gasteiger partial charge on any atom is 0.325 e. The van der Waals surface area contributed by atoms with E-state index in [-0.39, 0.29) is 5.82 Å². The molecule has 24 heavy (non-hydrogen) atoms. The molecular formula is C16H20FN5OS. The summed E-state index contributed by atoms with van der Waals surface area (Å²) in [7, 11) is 0. The molecule has 1 aromatic heterocycles. The molecule has 2 heterocycles. The molecule has 1 aliphatic heterocycles. The first-order valence-electron chi connectivity index (χ1n) is 7.98. The fourth-order valence-corrected chi connectivity index (χ4v) is 3.91. The Labute approximate surface area is 144 Å². The van der Waals surface area contributed by atoms with Crippen molar-refractivity contribution in [3.05, 3.63) is 30.1 Å². The second-order valence-corrected chi connectivity index (χ2v) is 6.97. The van der Waals surface area contributed by atoms with E-state index >= 15 is 0 Å². The van der Waals surface area contributed by atoms with Gasteiger partial charge in [0.05, 0.1) is 0 Å². The van der Waals surface area contributed by atoms with Crippen molar-refractivity contribution in [1.29, 1.82) is 0 Å². The molecule has 2 N–H and O–H groups in total. The van der Waals surface area contributed by atoms with Crippen LogP contribution in [0.25, 0.3) is 0 Å². The van der Waals surface area contributed by atoms with E-state index in [0.29, 0.717) is 22.9 Å². The maximum absolute atomic E-state index is 12.9. The lowest BCUT2D eigenvalue weighted by Gasteiger charge is -2.38. The molecule has 0 saturated carbocycles.